The van der Waals surface area contributed by atoms with Crippen LogP contribution in [0.3, 0.4) is 0 Å². The zero-order chi connectivity index (χ0) is 11.8. The molecule has 16 heavy (non-hydrogen) atoms. The van der Waals surface area contributed by atoms with Crippen molar-refractivity contribution in [3.63, 3.8) is 0 Å². The standard InChI is InChI=1S/C13H21NO2/c1-2-3-4-5-8-12(11-13(15)16)14-9-6-7-10-14/h6-7,9-10,12H,2-5,8,11H2,1H3,(H,15,16)/t12-/m1/s1. The summed E-state index contributed by atoms with van der Waals surface area (Å²) in [6.07, 6.45) is 9.86. The molecular weight excluding hydrogens is 202 g/mol. The molecule has 0 saturated carbocycles. The Bertz CT molecular complexity index is 293. The summed E-state index contributed by atoms with van der Waals surface area (Å²) in [5.41, 5.74) is 0. The monoisotopic (exact) mass is 223 g/mol. The maximum atomic E-state index is 10.8. The third-order valence-corrected chi connectivity index (χ3v) is 2.85. The number of hydrogen-bond donors (Lipinski definition) is 1. The lowest BCUT2D eigenvalue weighted by atomic mass is 10.0. The lowest BCUT2D eigenvalue weighted by molar-refractivity contribution is -0.138. The van der Waals surface area contributed by atoms with Gasteiger partial charge < -0.3 is 9.67 Å². The Morgan fingerprint density at radius 3 is 2.50 bits per heavy atom. The van der Waals surface area contributed by atoms with Gasteiger partial charge in [0.1, 0.15) is 0 Å². The number of carboxylic acids is 1. The first-order valence-electron chi connectivity index (χ1n) is 6.08. The van der Waals surface area contributed by atoms with Gasteiger partial charge in [0.25, 0.3) is 0 Å². The van der Waals surface area contributed by atoms with Gasteiger partial charge in [-0.05, 0) is 18.6 Å². The number of carboxylic acid groups (broad SMARTS) is 1. The molecule has 3 heteroatoms. The Kier molecular flexibility index (Phi) is 5.68. The summed E-state index contributed by atoms with van der Waals surface area (Å²) in [6.45, 7) is 2.18. The van der Waals surface area contributed by atoms with Gasteiger partial charge >= 0.3 is 5.97 Å². The fourth-order valence-corrected chi connectivity index (χ4v) is 1.96. The van der Waals surface area contributed by atoms with Crippen LogP contribution in [0.25, 0.3) is 0 Å². The predicted molar refractivity (Wildman–Crippen MR) is 64.5 cm³/mol. The molecule has 0 radical (unpaired) electrons. The van der Waals surface area contributed by atoms with Gasteiger partial charge in [-0.1, -0.05) is 32.6 Å². The molecule has 0 saturated heterocycles. The third kappa shape index (κ3) is 4.51. The molecule has 0 unspecified atom stereocenters. The highest BCUT2D eigenvalue weighted by molar-refractivity contribution is 5.67. The van der Waals surface area contributed by atoms with Crippen molar-refractivity contribution >= 4 is 5.97 Å². The first-order chi connectivity index (χ1) is 7.74. The van der Waals surface area contributed by atoms with Crippen molar-refractivity contribution in [1.82, 2.24) is 4.57 Å². The normalized spacial score (nSPS) is 12.6. The zero-order valence-corrected chi connectivity index (χ0v) is 9.93. The minimum absolute atomic E-state index is 0.115. The summed E-state index contributed by atoms with van der Waals surface area (Å²) < 4.78 is 2.01. The number of unbranched alkanes of at least 4 members (excludes halogenated alkanes) is 3. The van der Waals surface area contributed by atoms with Crippen molar-refractivity contribution in [3.05, 3.63) is 24.5 Å². The Morgan fingerprint density at radius 2 is 1.94 bits per heavy atom. The van der Waals surface area contributed by atoms with E-state index in [1.165, 1.54) is 19.3 Å². The van der Waals surface area contributed by atoms with Crippen molar-refractivity contribution < 1.29 is 9.90 Å². The average molecular weight is 223 g/mol. The Balaban J connectivity index is 2.42. The smallest absolute Gasteiger partial charge is 0.305 e. The molecule has 0 bridgehead atoms. The molecule has 1 N–H and O–H groups in total. The van der Waals surface area contributed by atoms with E-state index in [1.807, 2.05) is 29.1 Å². The predicted octanol–water partition coefficient (Wildman–Crippen LogP) is 3.47. The van der Waals surface area contributed by atoms with Crippen LogP contribution < -0.4 is 0 Å². The number of aliphatic carboxylic acids is 1. The van der Waals surface area contributed by atoms with E-state index in [2.05, 4.69) is 6.92 Å². The van der Waals surface area contributed by atoms with Crippen LogP contribution in [-0.2, 0) is 4.79 Å². The second kappa shape index (κ2) is 7.09. The Labute approximate surface area is 97.1 Å². The number of carbonyl (C=O) groups is 1. The highest BCUT2D eigenvalue weighted by atomic mass is 16.4. The molecule has 1 rings (SSSR count). The van der Waals surface area contributed by atoms with Crippen LogP contribution in [0.15, 0.2) is 24.5 Å². The van der Waals surface area contributed by atoms with E-state index in [4.69, 9.17) is 5.11 Å². The maximum absolute atomic E-state index is 10.8. The average Bonchev–Trinajstić information content (AvgIpc) is 2.75. The van der Waals surface area contributed by atoms with Gasteiger partial charge in [-0.25, -0.2) is 0 Å². The van der Waals surface area contributed by atoms with E-state index in [0.29, 0.717) is 0 Å². The number of hydrogen-bond acceptors (Lipinski definition) is 1. The third-order valence-electron chi connectivity index (χ3n) is 2.85. The molecule has 90 valence electrons. The van der Waals surface area contributed by atoms with Gasteiger partial charge in [0.2, 0.25) is 0 Å². The van der Waals surface area contributed by atoms with E-state index in [1.54, 1.807) is 0 Å². The fourth-order valence-electron chi connectivity index (χ4n) is 1.96. The van der Waals surface area contributed by atoms with Crippen LogP contribution in [0.4, 0.5) is 0 Å². The molecule has 1 atom stereocenters. The molecule has 1 aromatic heterocycles. The number of rotatable bonds is 8. The highest BCUT2D eigenvalue weighted by Gasteiger charge is 2.13. The van der Waals surface area contributed by atoms with Gasteiger partial charge in [-0.15, -0.1) is 0 Å². The molecule has 0 amide bonds. The zero-order valence-electron chi connectivity index (χ0n) is 9.93. The van der Waals surface area contributed by atoms with E-state index in [-0.39, 0.29) is 12.5 Å². The van der Waals surface area contributed by atoms with Gasteiger partial charge in [-0.2, -0.15) is 0 Å². The Hall–Kier alpha value is -1.25. The lowest BCUT2D eigenvalue weighted by Gasteiger charge is -2.16. The van der Waals surface area contributed by atoms with Gasteiger partial charge in [-0.3, -0.25) is 4.79 Å². The number of nitrogens with zero attached hydrogens (tertiary/aromatic N) is 1. The second-order valence-corrected chi connectivity index (χ2v) is 4.23. The fraction of sp³-hybridized carbons (Fsp3) is 0.615. The van der Waals surface area contributed by atoms with Crippen molar-refractivity contribution in [3.8, 4) is 0 Å². The molecule has 1 heterocycles. The SMILES string of the molecule is CCCCCC[C@H](CC(=O)O)n1cccc1. The summed E-state index contributed by atoms with van der Waals surface area (Å²) in [6, 6.07) is 4.01. The molecule has 3 nitrogen and oxygen atoms in total. The summed E-state index contributed by atoms with van der Waals surface area (Å²) in [5.74, 6) is -0.714. The van der Waals surface area contributed by atoms with Crippen LogP contribution >= 0.6 is 0 Å². The van der Waals surface area contributed by atoms with Crippen molar-refractivity contribution in [2.75, 3.05) is 0 Å². The topological polar surface area (TPSA) is 42.2 Å². The van der Waals surface area contributed by atoms with Crippen molar-refractivity contribution in [2.24, 2.45) is 0 Å². The van der Waals surface area contributed by atoms with Crippen LogP contribution in [-0.4, -0.2) is 15.6 Å². The van der Waals surface area contributed by atoms with E-state index < -0.39 is 5.97 Å². The quantitative estimate of drug-likeness (QED) is 0.686. The molecular formula is C13H21NO2. The highest BCUT2D eigenvalue weighted by Crippen LogP contribution is 2.20. The summed E-state index contributed by atoms with van der Waals surface area (Å²) in [4.78, 5) is 10.8. The maximum Gasteiger partial charge on any atom is 0.305 e. The minimum Gasteiger partial charge on any atom is -0.481 e. The van der Waals surface area contributed by atoms with Crippen LogP contribution in [0.2, 0.25) is 0 Å². The molecule has 0 fully saturated rings. The lowest BCUT2D eigenvalue weighted by Crippen LogP contribution is -2.12. The Morgan fingerprint density at radius 1 is 1.25 bits per heavy atom. The van der Waals surface area contributed by atoms with E-state index in [0.717, 1.165) is 12.8 Å². The van der Waals surface area contributed by atoms with E-state index >= 15 is 0 Å². The van der Waals surface area contributed by atoms with E-state index in [9.17, 15) is 4.79 Å². The minimum atomic E-state index is -0.714. The molecule has 0 aromatic carbocycles. The summed E-state index contributed by atoms with van der Waals surface area (Å²) in [7, 11) is 0. The van der Waals surface area contributed by atoms with Gasteiger partial charge in [0, 0.05) is 18.4 Å². The molecule has 0 aliphatic heterocycles. The molecule has 0 spiro atoms. The molecule has 0 aliphatic carbocycles. The molecule has 0 aliphatic rings. The van der Waals surface area contributed by atoms with Crippen LogP contribution in [0, 0.1) is 0 Å². The van der Waals surface area contributed by atoms with Crippen LogP contribution in [0.1, 0.15) is 51.5 Å². The first-order valence-corrected chi connectivity index (χ1v) is 6.08. The second-order valence-electron chi connectivity index (χ2n) is 4.23. The van der Waals surface area contributed by atoms with Crippen LogP contribution in [0.5, 0.6) is 0 Å². The van der Waals surface area contributed by atoms with Crippen molar-refractivity contribution in [2.45, 2.75) is 51.5 Å². The largest absolute Gasteiger partial charge is 0.481 e. The van der Waals surface area contributed by atoms with Gasteiger partial charge in [0.05, 0.1) is 6.42 Å². The number of aromatic nitrogens is 1. The summed E-state index contributed by atoms with van der Waals surface area (Å²) >= 11 is 0. The molecule has 1 aromatic rings. The van der Waals surface area contributed by atoms with Crippen molar-refractivity contribution in [1.29, 1.82) is 0 Å². The summed E-state index contributed by atoms with van der Waals surface area (Å²) in [5, 5.41) is 8.87. The van der Waals surface area contributed by atoms with Gasteiger partial charge in [0.15, 0.2) is 0 Å². The first kappa shape index (κ1) is 12.8.